The second kappa shape index (κ2) is 7.10. The molecule has 0 radical (unpaired) electrons. The van der Waals surface area contributed by atoms with Gasteiger partial charge in [0.25, 0.3) is 0 Å². The number of rotatable bonds is 2. The molecule has 3 heteroatoms. The van der Waals surface area contributed by atoms with E-state index in [0.717, 1.165) is 46.9 Å². The lowest BCUT2D eigenvalue weighted by Crippen LogP contribution is -2.51. The highest BCUT2D eigenvalue weighted by molar-refractivity contribution is 8.14. The standard InChI is InChI=1S/C23H38N2S/c1-14-4-7-16(8-5-14)18-13-17-9-11-20(25(17)3)22(18)23-24-19-10-6-15(2)12-21(19)26-23/h14-22H,4-13H2,1-3H3/t14?,15?,16?,17-,18-,19?,20?,21?,22+/m1/s1. The van der Waals surface area contributed by atoms with E-state index in [0.29, 0.717) is 6.04 Å². The predicted octanol–water partition coefficient (Wildman–Crippen LogP) is 5.61. The molecule has 2 saturated heterocycles. The van der Waals surface area contributed by atoms with E-state index in [1.807, 2.05) is 0 Å². The van der Waals surface area contributed by atoms with Gasteiger partial charge in [0.15, 0.2) is 0 Å². The minimum atomic E-state index is 0.655. The fourth-order valence-corrected chi connectivity index (χ4v) is 8.93. The smallest absolute Gasteiger partial charge is 0.0732 e. The fraction of sp³-hybridized carbons (Fsp3) is 0.957. The van der Waals surface area contributed by atoms with Crippen LogP contribution in [-0.4, -0.2) is 40.4 Å². The zero-order valence-electron chi connectivity index (χ0n) is 17.1. The summed E-state index contributed by atoms with van der Waals surface area (Å²) in [5.74, 6) is 4.56. The molecule has 0 aromatic heterocycles. The van der Waals surface area contributed by atoms with Crippen molar-refractivity contribution < 1.29 is 0 Å². The summed E-state index contributed by atoms with van der Waals surface area (Å²) in [6, 6.07) is 2.32. The van der Waals surface area contributed by atoms with Gasteiger partial charge in [-0.3, -0.25) is 9.89 Å². The number of piperidine rings is 1. The molecule has 0 N–H and O–H groups in total. The molecule has 0 aromatic rings. The zero-order valence-corrected chi connectivity index (χ0v) is 17.9. The normalized spacial score (nSPS) is 52.0. The van der Waals surface area contributed by atoms with Crippen molar-refractivity contribution in [2.24, 2.45) is 34.6 Å². The van der Waals surface area contributed by atoms with Gasteiger partial charge in [0.1, 0.15) is 0 Å². The van der Waals surface area contributed by atoms with E-state index in [1.165, 1.54) is 64.2 Å². The van der Waals surface area contributed by atoms with Crippen LogP contribution in [0.5, 0.6) is 0 Å². The number of thioether (sulfide) groups is 1. The first kappa shape index (κ1) is 18.0. The predicted molar refractivity (Wildman–Crippen MR) is 113 cm³/mol. The lowest BCUT2D eigenvalue weighted by atomic mass is 9.67. The van der Waals surface area contributed by atoms with Crippen LogP contribution in [-0.2, 0) is 0 Å². The van der Waals surface area contributed by atoms with Gasteiger partial charge in [-0.25, -0.2) is 0 Å². The van der Waals surface area contributed by atoms with E-state index < -0.39 is 0 Å². The molecule has 26 heavy (non-hydrogen) atoms. The number of hydrogen-bond donors (Lipinski definition) is 0. The van der Waals surface area contributed by atoms with Crippen molar-refractivity contribution in [2.45, 2.75) is 101 Å². The van der Waals surface area contributed by atoms with E-state index in [2.05, 4.69) is 37.6 Å². The second-order valence-corrected chi connectivity index (χ2v) is 11.8. The van der Waals surface area contributed by atoms with E-state index in [9.17, 15) is 0 Å². The van der Waals surface area contributed by atoms with Crippen LogP contribution in [0.15, 0.2) is 4.99 Å². The molecule has 4 unspecified atom stereocenters. The first-order chi connectivity index (χ1) is 12.6. The third-order valence-corrected chi connectivity index (χ3v) is 10.3. The fourth-order valence-electron chi connectivity index (χ4n) is 7.15. The lowest BCUT2D eigenvalue weighted by Gasteiger charge is -2.47. The minimum absolute atomic E-state index is 0.655. The van der Waals surface area contributed by atoms with Crippen molar-refractivity contribution in [3.8, 4) is 0 Å². The molecule has 2 nitrogen and oxygen atoms in total. The van der Waals surface area contributed by atoms with Crippen molar-refractivity contribution in [2.75, 3.05) is 7.05 Å². The molecule has 3 aliphatic heterocycles. The SMILES string of the molecule is CC1CCC([C@H]2C[C@H]3CCC([C@H]2C2=NC4CCC(C)CC4S2)N3C)CC1. The maximum absolute atomic E-state index is 5.43. The molecule has 2 aliphatic carbocycles. The van der Waals surface area contributed by atoms with Crippen LogP contribution in [0.4, 0.5) is 0 Å². The van der Waals surface area contributed by atoms with Gasteiger partial charge in [-0.15, -0.1) is 11.8 Å². The quantitative estimate of drug-likeness (QED) is 0.624. The van der Waals surface area contributed by atoms with Crippen LogP contribution in [0.1, 0.15) is 78.1 Å². The largest absolute Gasteiger partial charge is 0.300 e. The molecule has 3 heterocycles. The topological polar surface area (TPSA) is 15.6 Å². The lowest BCUT2D eigenvalue weighted by molar-refractivity contribution is 0.0538. The van der Waals surface area contributed by atoms with Crippen LogP contribution in [0, 0.1) is 29.6 Å². The van der Waals surface area contributed by atoms with Gasteiger partial charge in [0, 0.05) is 23.3 Å². The van der Waals surface area contributed by atoms with Crippen molar-refractivity contribution >= 4 is 16.8 Å². The Morgan fingerprint density at radius 2 is 1.65 bits per heavy atom. The molecule has 0 spiro atoms. The third kappa shape index (κ3) is 3.09. The van der Waals surface area contributed by atoms with Crippen LogP contribution in [0.2, 0.25) is 0 Å². The van der Waals surface area contributed by atoms with Crippen molar-refractivity contribution in [3.63, 3.8) is 0 Å². The molecule has 0 amide bonds. The maximum Gasteiger partial charge on any atom is 0.0732 e. The Kier molecular flexibility index (Phi) is 4.93. The van der Waals surface area contributed by atoms with Crippen LogP contribution in [0.3, 0.4) is 0 Å². The Balaban J connectivity index is 1.40. The molecule has 5 aliphatic rings. The number of aliphatic imine (C=N–C) groups is 1. The molecule has 2 saturated carbocycles. The van der Waals surface area contributed by atoms with Crippen molar-refractivity contribution in [3.05, 3.63) is 0 Å². The summed E-state index contributed by atoms with van der Waals surface area (Å²) in [4.78, 5) is 8.20. The summed E-state index contributed by atoms with van der Waals surface area (Å²) in [5.41, 5.74) is 0. The average Bonchev–Trinajstić information content (AvgIpc) is 3.13. The van der Waals surface area contributed by atoms with Crippen molar-refractivity contribution in [1.29, 1.82) is 0 Å². The minimum Gasteiger partial charge on any atom is -0.300 e. The van der Waals surface area contributed by atoms with Gasteiger partial charge >= 0.3 is 0 Å². The highest BCUT2D eigenvalue weighted by atomic mass is 32.2. The van der Waals surface area contributed by atoms with Gasteiger partial charge in [-0.1, -0.05) is 26.7 Å². The van der Waals surface area contributed by atoms with Gasteiger partial charge in [-0.2, -0.15) is 0 Å². The highest BCUT2D eigenvalue weighted by Crippen LogP contribution is 2.52. The number of hydrogen-bond acceptors (Lipinski definition) is 3. The second-order valence-electron chi connectivity index (χ2n) is 10.5. The van der Waals surface area contributed by atoms with Gasteiger partial charge in [-0.05, 0) is 82.1 Å². The first-order valence-corrected chi connectivity index (χ1v) is 12.4. The van der Waals surface area contributed by atoms with E-state index >= 15 is 0 Å². The summed E-state index contributed by atoms with van der Waals surface area (Å²) in [6.45, 7) is 4.92. The molecule has 5 rings (SSSR count). The maximum atomic E-state index is 5.43. The van der Waals surface area contributed by atoms with E-state index in [4.69, 9.17) is 4.99 Å². The highest BCUT2D eigenvalue weighted by Gasteiger charge is 2.51. The monoisotopic (exact) mass is 374 g/mol. The van der Waals surface area contributed by atoms with Gasteiger partial charge in [0.05, 0.1) is 11.1 Å². The number of fused-ring (bicyclic) bond motifs is 3. The molecular formula is C23H38N2S. The Labute approximate surface area is 165 Å². The molecule has 4 fully saturated rings. The Morgan fingerprint density at radius 1 is 0.885 bits per heavy atom. The molecule has 0 aromatic carbocycles. The Hall–Kier alpha value is -0.0200. The van der Waals surface area contributed by atoms with Crippen LogP contribution >= 0.6 is 11.8 Å². The third-order valence-electron chi connectivity index (χ3n) is 8.85. The molecule has 7 atom stereocenters. The molecular weight excluding hydrogens is 336 g/mol. The summed E-state index contributed by atoms with van der Waals surface area (Å²) in [6.07, 6.45) is 14.4. The Morgan fingerprint density at radius 3 is 2.46 bits per heavy atom. The summed E-state index contributed by atoms with van der Waals surface area (Å²) >= 11 is 2.24. The zero-order chi connectivity index (χ0) is 17.8. The summed E-state index contributed by atoms with van der Waals surface area (Å²) < 4.78 is 0. The van der Waals surface area contributed by atoms with Gasteiger partial charge < -0.3 is 0 Å². The summed E-state index contributed by atoms with van der Waals surface area (Å²) in [5, 5.41) is 2.42. The van der Waals surface area contributed by atoms with Gasteiger partial charge in [0.2, 0.25) is 0 Å². The van der Waals surface area contributed by atoms with Crippen molar-refractivity contribution in [1.82, 2.24) is 4.90 Å². The molecule has 2 bridgehead atoms. The first-order valence-electron chi connectivity index (χ1n) is 11.6. The summed E-state index contributed by atoms with van der Waals surface area (Å²) in [7, 11) is 2.42. The average molecular weight is 375 g/mol. The Bertz CT molecular complexity index is 552. The van der Waals surface area contributed by atoms with Crippen LogP contribution < -0.4 is 0 Å². The van der Waals surface area contributed by atoms with E-state index in [-0.39, 0.29) is 0 Å². The van der Waals surface area contributed by atoms with Crippen LogP contribution in [0.25, 0.3) is 0 Å². The van der Waals surface area contributed by atoms with E-state index in [1.54, 1.807) is 5.04 Å². The number of nitrogens with zero attached hydrogens (tertiary/aromatic N) is 2. The molecule has 146 valence electrons.